The van der Waals surface area contributed by atoms with Crippen LogP contribution in [0.4, 0.5) is 22.7 Å². The third-order valence-corrected chi connectivity index (χ3v) is 3.79. The van der Waals surface area contributed by atoms with E-state index >= 15 is 0 Å². The molecule has 0 saturated carbocycles. The van der Waals surface area contributed by atoms with Crippen LogP contribution in [0, 0.1) is 20.2 Å². The van der Waals surface area contributed by atoms with Crippen molar-refractivity contribution >= 4 is 34.6 Å². The van der Waals surface area contributed by atoms with Crippen molar-refractivity contribution in [2.45, 2.75) is 25.9 Å². The summed E-state index contributed by atoms with van der Waals surface area (Å²) in [6.07, 6.45) is 0. The summed E-state index contributed by atoms with van der Waals surface area (Å²) in [6, 6.07) is 0.00834. The molecule has 0 aliphatic heterocycles. The van der Waals surface area contributed by atoms with Crippen LogP contribution in [0.25, 0.3) is 0 Å². The molecule has 0 saturated heterocycles. The van der Waals surface area contributed by atoms with Gasteiger partial charge in [0.1, 0.15) is 23.5 Å². The molecule has 0 aliphatic rings. The van der Waals surface area contributed by atoms with Gasteiger partial charge in [-0.3, -0.25) is 25.0 Å². The highest BCUT2D eigenvalue weighted by Crippen LogP contribution is 2.38. The Morgan fingerprint density at radius 3 is 2.15 bits per heavy atom. The highest BCUT2D eigenvalue weighted by molar-refractivity contribution is 5.87. The minimum Gasteiger partial charge on any atom is -0.467 e. The molecule has 2 atom stereocenters. The fraction of sp³-hybridized carbons (Fsp3) is 0.429. The Labute approximate surface area is 148 Å². The lowest BCUT2D eigenvalue weighted by molar-refractivity contribution is -0.393. The minimum absolute atomic E-state index is 0.0716. The number of hydrogen-bond donors (Lipinski definition) is 2. The van der Waals surface area contributed by atoms with Gasteiger partial charge in [0.25, 0.3) is 11.4 Å². The Kier molecular flexibility index (Phi) is 6.41. The molecule has 0 heterocycles. The number of carbonyl (C=O) groups excluding carboxylic acids is 2. The quantitative estimate of drug-likeness (QED) is 0.381. The average Bonchev–Trinajstić information content (AvgIpc) is 2.58. The number of nitrogens with two attached hydrogens (primary N) is 1. The molecule has 0 fully saturated rings. The van der Waals surface area contributed by atoms with Gasteiger partial charge >= 0.3 is 5.97 Å². The van der Waals surface area contributed by atoms with Gasteiger partial charge in [0.15, 0.2) is 0 Å². The molecule has 26 heavy (non-hydrogen) atoms. The predicted octanol–water partition coefficient (Wildman–Crippen LogP) is 0.786. The van der Waals surface area contributed by atoms with E-state index in [0.29, 0.717) is 0 Å². The van der Waals surface area contributed by atoms with Gasteiger partial charge in [0.05, 0.1) is 23.0 Å². The highest BCUT2D eigenvalue weighted by atomic mass is 16.6. The van der Waals surface area contributed by atoms with Crippen LogP contribution < -0.4 is 16.0 Å². The molecular formula is C14H19N5O7. The maximum Gasteiger partial charge on any atom is 0.328 e. The molecule has 0 aromatic heterocycles. The third kappa shape index (κ3) is 4.34. The molecule has 1 rings (SSSR count). The first kappa shape index (κ1) is 20.6. The van der Waals surface area contributed by atoms with Gasteiger partial charge in [-0.2, -0.15) is 0 Å². The zero-order valence-corrected chi connectivity index (χ0v) is 14.6. The zero-order chi connectivity index (χ0) is 20.2. The molecule has 12 heteroatoms. The van der Waals surface area contributed by atoms with E-state index in [4.69, 9.17) is 5.73 Å². The van der Waals surface area contributed by atoms with Crippen LogP contribution in [-0.4, -0.2) is 48.0 Å². The molecule has 1 aromatic rings. The number of likely N-dealkylation sites (N-methyl/N-ethyl adjacent to an activating group) is 1. The number of rotatable bonds is 8. The van der Waals surface area contributed by atoms with Gasteiger partial charge in [-0.25, -0.2) is 4.79 Å². The lowest BCUT2D eigenvalue weighted by Crippen LogP contribution is -2.37. The third-order valence-electron chi connectivity index (χ3n) is 3.79. The molecule has 0 aliphatic carbocycles. The van der Waals surface area contributed by atoms with Crippen LogP contribution in [0.2, 0.25) is 0 Å². The Morgan fingerprint density at radius 1 is 1.19 bits per heavy atom. The van der Waals surface area contributed by atoms with Crippen molar-refractivity contribution in [2.24, 2.45) is 5.73 Å². The summed E-state index contributed by atoms with van der Waals surface area (Å²) >= 11 is 0. The Balaban J connectivity index is 3.56. The predicted molar refractivity (Wildman–Crippen MR) is 91.9 cm³/mol. The number of hydrogen-bond acceptors (Lipinski definition) is 9. The number of anilines is 2. The first-order chi connectivity index (χ1) is 12.0. The number of methoxy groups -OCH3 is 1. The number of nitro benzene ring substituents is 2. The topological polar surface area (TPSA) is 171 Å². The zero-order valence-electron chi connectivity index (χ0n) is 14.6. The summed E-state index contributed by atoms with van der Waals surface area (Å²) < 4.78 is 4.61. The maximum absolute atomic E-state index is 11.7. The monoisotopic (exact) mass is 369 g/mol. The fourth-order valence-electron chi connectivity index (χ4n) is 2.10. The van der Waals surface area contributed by atoms with Gasteiger partial charge in [-0.05, 0) is 19.9 Å². The van der Waals surface area contributed by atoms with Gasteiger partial charge in [-0.15, -0.1) is 0 Å². The van der Waals surface area contributed by atoms with E-state index in [-0.39, 0.29) is 11.4 Å². The molecule has 0 radical (unpaired) electrons. The summed E-state index contributed by atoms with van der Waals surface area (Å²) in [6.45, 7) is 2.84. The summed E-state index contributed by atoms with van der Waals surface area (Å²) in [5.74, 6) is -1.42. The largest absolute Gasteiger partial charge is 0.467 e. The van der Waals surface area contributed by atoms with E-state index in [9.17, 15) is 29.8 Å². The molecule has 12 nitrogen and oxygen atoms in total. The van der Waals surface area contributed by atoms with Crippen LogP contribution in [0.3, 0.4) is 0 Å². The van der Waals surface area contributed by atoms with Crippen molar-refractivity contribution < 1.29 is 24.2 Å². The van der Waals surface area contributed by atoms with Gasteiger partial charge in [0, 0.05) is 7.05 Å². The first-order valence-corrected chi connectivity index (χ1v) is 7.34. The molecule has 142 valence electrons. The molecule has 0 bridgehead atoms. The molecule has 0 spiro atoms. The Morgan fingerprint density at radius 2 is 1.73 bits per heavy atom. The van der Waals surface area contributed by atoms with Crippen molar-refractivity contribution in [1.29, 1.82) is 0 Å². The van der Waals surface area contributed by atoms with E-state index in [1.165, 1.54) is 32.9 Å². The van der Waals surface area contributed by atoms with Crippen LogP contribution in [0.5, 0.6) is 0 Å². The second-order valence-corrected chi connectivity index (χ2v) is 5.45. The van der Waals surface area contributed by atoms with Crippen molar-refractivity contribution in [2.75, 3.05) is 24.4 Å². The van der Waals surface area contributed by atoms with Gasteiger partial charge < -0.3 is 20.7 Å². The molecule has 3 N–H and O–H groups in total. The molecular weight excluding hydrogens is 350 g/mol. The smallest absolute Gasteiger partial charge is 0.328 e. The van der Waals surface area contributed by atoms with Crippen LogP contribution in [0.1, 0.15) is 13.8 Å². The SMILES string of the molecule is COC(=O)[C@@H](C)N(C)c1cc(N[C@@H](C)C(N)=O)c([N+](=O)[O-])cc1[N+](=O)[O-]. The number of amides is 1. The number of nitrogens with one attached hydrogen (secondary N) is 1. The minimum atomic E-state index is -0.966. The second kappa shape index (κ2) is 8.09. The summed E-state index contributed by atoms with van der Waals surface area (Å²) in [7, 11) is 2.56. The number of esters is 1. The second-order valence-electron chi connectivity index (χ2n) is 5.45. The number of carbonyl (C=O) groups is 2. The Hall–Kier alpha value is -3.44. The number of benzene rings is 1. The van der Waals surface area contributed by atoms with E-state index < -0.39 is 45.2 Å². The van der Waals surface area contributed by atoms with E-state index in [0.717, 1.165) is 12.1 Å². The number of ether oxygens (including phenoxy) is 1. The number of nitrogens with zero attached hydrogens (tertiary/aromatic N) is 3. The van der Waals surface area contributed by atoms with E-state index in [1.54, 1.807) is 0 Å². The summed E-state index contributed by atoms with van der Waals surface area (Å²) in [4.78, 5) is 45.2. The van der Waals surface area contributed by atoms with Crippen LogP contribution >= 0.6 is 0 Å². The highest BCUT2D eigenvalue weighted by Gasteiger charge is 2.31. The number of nitro groups is 2. The summed E-state index contributed by atoms with van der Waals surface area (Å²) in [5.41, 5.74) is 3.74. The fourth-order valence-corrected chi connectivity index (χ4v) is 2.10. The summed E-state index contributed by atoms with van der Waals surface area (Å²) in [5, 5.41) is 25.2. The van der Waals surface area contributed by atoms with Crippen molar-refractivity contribution in [3.05, 3.63) is 32.4 Å². The average molecular weight is 369 g/mol. The van der Waals surface area contributed by atoms with Crippen LogP contribution in [0.15, 0.2) is 12.1 Å². The first-order valence-electron chi connectivity index (χ1n) is 7.34. The van der Waals surface area contributed by atoms with E-state index in [1.807, 2.05) is 0 Å². The standard InChI is InChI=1S/C14H19N5O7/c1-7(13(15)20)16-9-5-11(17(3)8(2)14(21)26-4)12(19(24)25)6-10(9)18(22)23/h5-8,16H,1-4H3,(H2,15,20)/t7-,8+/m0/s1. The van der Waals surface area contributed by atoms with Crippen molar-refractivity contribution in [3.63, 3.8) is 0 Å². The molecule has 1 amide bonds. The molecule has 0 unspecified atom stereocenters. The maximum atomic E-state index is 11.7. The van der Waals surface area contributed by atoms with Gasteiger partial charge in [-0.1, -0.05) is 0 Å². The Bertz CT molecular complexity index is 751. The van der Waals surface area contributed by atoms with Gasteiger partial charge in [0.2, 0.25) is 5.91 Å². The number of primary amides is 1. The van der Waals surface area contributed by atoms with Crippen molar-refractivity contribution in [3.8, 4) is 0 Å². The van der Waals surface area contributed by atoms with Crippen LogP contribution in [-0.2, 0) is 14.3 Å². The lowest BCUT2D eigenvalue weighted by Gasteiger charge is -2.25. The van der Waals surface area contributed by atoms with Crippen molar-refractivity contribution in [1.82, 2.24) is 0 Å². The molecule has 1 aromatic carbocycles. The normalized spacial score (nSPS) is 12.6. The lowest BCUT2D eigenvalue weighted by atomic mass is 10.1. The van der Waals surface area contributed by atoms with E-state index in [2.05, 4.69) is 10.1 Å².